The molecule has 4 atom stereocenters. The van der Waals surface area contributed by atoms with E-state index in [1.54, 1.807) is 11.8 Å². The van der Waals surface area contributed by atoms with Crippen molar-refractivity contribution in [3.8, 4) is 0 Å². The summed E-state index contributed by atoms with van der Waals surface area (Å²) in [4.78, 5) is 14.4. The number of rotatable bonds is 4. The minimum atomic E-state index is -1.77. The van der Waals surface area contributed by atoms with Gasteiger partial charge in [0.25, 0.3) is 0 Å². The summed E-state index contributed by atoms with van der Waals surface area (Å²) >= 11 is 1.71. The summed E-state index contributed by atoms with van der Waals surface area (Å²) in [6, 6.07) is 10.2. The molecule has 1 aromatic carbocycles. The highest BCUT2D eigenvalue weighted by Gasteiger charge is 2.61. The molecule has 1 aromatic rings. The second-order valence-electron chi connectivity index (χ2n) is 8.50. The quantitative estimate of drug-likeness (QED) is 0.554. The van der Waals surface area contributed by atoms with Crippen LogP contribution in [-0.4, -0.2) is 44.5 Å². The van der Waals surface area contributed by atoms with Crippen molar-refractivity contribution in [3.63, 3.8) is 0 Å². The molecule has 0 unspecified atom stereocenters. The first-order valence-corrected chi connectivity index (χ1v) is 14.0. The Balaban J connectivity index is 1.65. The van der Waals surface area contributed by atoms with Crippen molar-refractivity contribution in [1.82, 2.24) is 0 Å². The number of carbonyl (C=O) groups is 1. The molecule has 1 spiro atoms. The Labute approximate surface area is 166 Å². The van der Waals surface area contributed by atoms with Crippen LogP contribution in [0.2, 0.25) is 19.6 Å². The molecular formula is C21H28O4SSi. The minimum absolute atomic E-state index is 0.00816. The second-order valence-corrected chi connectivity index (χ2v) is 14.2. The molecule has 0 aromatic heterocycles. The SMILES string of the molecule is C[Si](C)(C)O[C@H]1C=CC[C@@H]2[C@H]1C(=O)C[C@@H](Sc1ccccc1)C21OCCO1. The van der Waals surface area contributed by atoms with E-state index in [9.17, 15) is 4.79 Å². The fourth-order valence-corrected chi connectivity index (χ4v) is 6.94. The Bertz CT molecular complexity index is 709. The molecule has 0 N–H and O–H groups in total. The summed E-state index contributed by atoms with van der Waals surface area (Å²) in [6.45, 7) is 7.69. The lowest BCUT2D eigenvalue weighted by atomic mass is 9.67. The number of benzene rings is 1. The standard InChI is InChI=1S/C21H28O4SSi/c1-27(2,3)25-18-11-7-10-16-20(18)17(22)14-19(21(16)23-12-13-24-21)26-15-8-5-4-6-9-15/h4-9,11,16,18-20H,10,12-14H2,1-3H3/t16-,18+,19-,20+/m1/s1. The van der Waals surface area contributed by atoms with E-state index in [4.69, 9.17) is 13.9 Å². The van der Waals surface area contributed by atoms with E-state index < -0.39 is 14.1 Å². The van der Waals surface area contributed by atoms with Crippen molar-refractivity contribution in [2.45, 2.75) is 54.5 Å². The molecule has 1 saturated heterocycles. The maximum atomic E-state index is 13.2. The van der Waals surface area contributed by atoms with Crippen LogP contribution in [0.1, 0.15) is 12.8 Å². The Hall–Kier alpha value is -0.923. The molecule has 27 heavy (non-hydrogen) atoms. The van der Waals surface area contributed by atoms with Crippen LogP contribution in [-0.2, 0) is 18.7 Å². The van der Waals surface area contributed by atoms with Crippen LogP contribution in [0.3, 0.4) is 0 Å². The van der Waals surface area contributed by atoms with Crippen LogP contribution in [0.4, 0.5) is 0 Å². The van der Waals surface area contributed by atoms with Crippen molar-refractivity contribution in [1.29, 1.82) is 0 Å². The second kappa shape index (κ2) is 7.48. The lowest BCUT2D eigenvalue weighted by molar-refractivity contribution is -0.224. The predicted molar refractivity (Wildman–Crippen MR) is 109 cm³/mol. The largest absolute Gasteiger partial charge is 0.411 e. The average molecular weight is 405 g/mol. The van der Waals surface area contributed by atoms with Gasteiger partial charge in [0.2, 0.25) is 0 Å². The van der Waals surface area contributed by atoms with Crippen LogP contribution < -0.4 is 0 Å². The molecule has 0 radical (unpaired) electrons. The zero-order valence-corrected chi connectivity index (χ0v) is 18.0. The van der Waals surface area contributed by atoms with Gasteiger partial charge in [-0.15, -0.1) is 11.8 Å². The summed E-state index contributed by atoms with van der Waals surface area (Å²) in [7, 11) is -1.77. The molecule has 1 saturated carbocycles. The van der Waals surface area contributed by atoms with Crippen molar-refractivity contribution in [2.75, 3.05) is 13.2 Å². The summed E-state index contributed by atoms with van der Waals surface area (Å²) in [6.07, 6.45) is 5.34. The average Bonchev–Trinajstić information content (AvgIpc) is 3.10. The molecule has 1 heterocycles. The van der Waals surface area contributed by atoms with E-state index in [2.05, 4.69) is 43.9 Å². The molecule has 0 amide bonds. The van der Waals surface area contributed by atoms with Crippen LogP contribution in [0.25, 0.3) is 0 Å². The summed E-state index contributed by atoms with van der Waals surface area (Å²) < 4.78 is 19.0. The van der Waals surface area contributed by atoms with Gasteiger partial charge in [0.05, 0.1) is 30.5 Å². The molecule has 6 heteroatoms. The van der Waals surface area contributed by atoms with E-state index in [1.807, 2.05) is 18.2 Å². The number of fused-ring (bicyclic) bond motifs is 2. The lowest BCUT2D eigenvalue weighted by Gasteiger charge is -2.51. The Morgan fingerprint density at radius 2 is 1.85 bits per heavy atom. The number of Topliss-reactive ketones (excluding diaryl/α,β-unsaturated/α-hetero) is 1. The molecule has 146 valence electrons. The van der Waals surface area contributed by atoms with E-state index in [1.165, 1.54) is 0 Å². The first kappa shape index (κ1) is 19.4. The van der Waals surface area contributed by atoms with Gasteiger partial charge in [-0.2, -0.15) is 0 Å². The van der Waals surface area contributed by atoms with Gasteiger partial charge >= 0.3 is 0 Å². The number of ketones is 1. The van der Waals surface area contributed by atoms with Gasteiger partial charge in [-0.1, -0.05) is 30.4 Å². The maximum Gasteiger partial charge on any atom is 0.185 e. The van der Waals surface area contributed by atoms with Gasteiger partial charge in [-0.25, -0.2) is 0 Å². The highest BCUT2D eigenvalue weighted by molar-refractivity contribution is 8.00. The fourth-order valence-electron chi connectivity index (χ4n) is 4.53. The zero-order chi connectivity index (χ0) is 19.1. The third-order valence-corrected chi connectivity index (χ3v) is 7.78. The first-order chi connectivity index (χ1) is 12.9. The summed E-state index contributed by atoms with van der Waals surface area (Å²) in [5, 5.41) is -0.0322. The third-order valence-electron chi connectivity index (χ3n) is 5.48. The van der Waals surface area contributed by atoms with Crippen LogP contribution >= 0.6 is 11.8 Å². The van der Waals surface area contributed by atoms with E-state index in [0.717, 1.165) is 11.3 Å². The Kier molecular flexibility index (Phi) is 5.38. The monoisotopic (exact) mass is 404 g/mol. The smallest absolute Gasteiger partial charge is 0.185 e. The number of allylic oxidation sites excluding steroid dienone is 1. The first-order valence-electron chi connectivity index (χ1n) is 9.76. The normalized spacial score (nSPS) is 32.6. The molecule has 1 aliphatic heterocycles. The molecule has 2 aliphatic carbocycles. The van der Waals surface area contributed by atoms with Crippen LogP contribution in [0, 0.1) is 11.8 Å². The highest BCUT2D eigenvalue weighted by atomic mass is 32.2. The van der Waals surface area contributed by atoms with Gasteiger partial charge in [0.15, 0.2) is 14.1 Å². The number of carbonyl (C=O) groups excluding carboxylic acids is 1. The molecule has 2 fully saturated rings. The summed E-state index contributed by atoms with van der Waals surface area (Å²) in [5.41, 5.74) is 0. The highest BCUT2D eigenvalue weighted by Crippen LogP contribution is 2.52. The van der Waals surface area contributed by atoms with Gasteiger partial charge in [-0.3, -0.25) is 4.79 Å². The number of hydrogen-bond donors (Lipinski definition) is 0. The van der Waals surface area contributed by atoms with Gasteiger partial charge in [0, 0.05) is 17.2 Å². The maximum absolute atomic E-state index is 13.2. The van der Waals surface area contributed by atoms with E-state index >= 15 is 0 Å². The predicted octanol–water partition coefficient (Wildman–Crippen LogP) is 4.28. The molecule has 0 bridgehead atoms. The molecule has 3 aliphatic rings. The van der Waals surface area contributed by atoms with Crippen molar-refractivity contribution in [3.05, 3.63) is 42.5 Å². The van der Waals surface area contributed by atoms with Gasteiger partial charge in [0.1, 0.15) is 5.78 Å². The number of ether oxygens (including phenoxy) is 2. The topological polar surface area (TPSA) is 44.8 Å². The number of thioether (sulfide) groups is 1. The Morgan fingerprint density at radius 1 is 1.15 bits per heavy atom. The van der Waals surface area contributed by atoms with Crippen LogP contribution in [0.5, 0.6) is 0 Å². The third kappa shape index (κ3) is 3.83. The molecule has 4 nitrogen and oxygen atoms in total. The van der Waals surface area contributed by atoms with E-state index in [0.29, 0.717) is 19.6 Å². The zero-order valence-electron chi connectivity index (χ0n) is 16.2. The van der Waals surface area contributed by atoms with Gasteiger partial charge in [-0.05, 0) is 38.2 Å². The Morgan fingerprint density at radius 3 is 2.52 bits per heavy atom. The number of hydrogen-bond acceptors (Lipinski definition) is 5. The van der Waals surface area contributed by atoms with Gasteiger partial charge < -0.3 is 13.9 Å². The summed E-state index contributed by atoms with van der Waals surface area (Å²) in [5.74, 6) is -0.586. The van der Waals surface area contributed by atoms with Crippen molar-refractivity contribution < 1.29 is 18.7 Å². The van der Waals surface area contributed by atoms with Crippen LogP contribution in [0.15, 0.2) is 47.4 Å². The molecule has 4 rings (SSSR count). The fraction of sp³-hybridized carbons (Fsp3) is 0.571. The van der Waals surface area contributed by atoms with Crippen molar-refractivity contribution >= 4 is 25.9 Å². The van der Waals surface area contributed by atoms with Crippen molar-refractivity contribution in [2.24, 2.45) is 11.8 Å². The van der Waals surface area contributed by atoms with E-state index in [-0.39, 0.29) is 29.0 Å². The minimum Gasteiger partial charge on any atom is -0.411 e. The lowest BCUT2D eigenvalue weighted by Crippen LogP contribution is -2.61. The molecular weight excluding hydrogens is 376 g/mol.